The zero-order valence-electron chi connectivity index (χ0n) is 13.8. The lowest BCUT2D eigenvalue weighted by Gasteiger charge is -2.16. The molecule has 1 atom stereocenters. The predicted molar refractivity (Wildman–Crippen MR) is 91.7 cm³/mol. The van der Waals surface area contributed by atoms with Crippen molar-refractivity contribution < 1.29 is 27.8 Å². The van der Waals surface area contributed by atoms with Crippen molar-refractivity contribution in [2.75, 3.05) is 13.2 Å². The van der Waals surface area contributed by atoms with Crippen molar-refractivity contribution in [1.82, 2.24) is 9.71 Å². The molecule has 1 aliphatic rings. The first-order valence-corrected chi connectivity index (χ1v) is 9.48. The van der Waals surface area contributed by atoms with Crippen LogP contribution in [-0.4, -0.2) is 43.7 Å². The highest BCUT2D eigenvalue weighted by molar-refractivity contribution is 7.89. The largest absolute Gasteiger partial charge is 0.490 e. The number of ether oxygens (including phenoxy) is 2. The zero-order valence-corrected chi connectivity index (χ0v) is 14.6. The summed E-state index contributed by atoms with van der Waals surface area (Å²) in [5.74, 6) is -0.473. The second-order valence-electron chi connectivity index (χ2n) is 5.73. The van der Waals surface area contributed by atoms with Gasteiger partial charge in [0.05, 0.1) is 18.1 Å². The number of benzene rings is 1. The normalized spacial score (nSPS) is 15.1. The first-order chi connectivity index (χ1) is 12.5. The van der Waals surface area contributed by atoms with Crippen LogP contribution in [0.5, 0.6) is 11.5 Å². The van der Waals surface area contributed by atoms with Crippen molar-refractivity contribution in [2.45, 2.75) is 23.8 Å². The van der Waals surface area contributed by atoms with Gasteiger partial charge in [0.25, 0.3) is 0 Å². The molecule has 0 saturated heterocycles. The van der Waals surface area contributed by atoms with Crippen molar-refractivity contribution in [3.63, 3.8) is 0 Å². The van der Waals surface area contributed by atoms with Gasteiger partial charge in [-0.15, -0.1) is 0 Å². The molecule has 0 fully saturated rings. The van der Waals surface area contributed by atoms with Gasteiger partial charge in [0.15, 0.2) is 11.5 Å². The first kappa shape index (κ1) is 18.2. The quantitative estimate of drug-likeness (QED) is 0.776. The minimum atomic E-state index is -4.05. The maximum absolute atomic E-state index is 12.6. The van der Waals surface area contributed by atoms with Crippen molar-refractivity contribution >= 4 is 16.0 Å². The number of nitrogens with one attached hydrogen (secondary N) is 1. The van der Waals surface area contributed by atoms with E-state index < -0.39 is 22.0 Å². The molecule has 0 aliphatic carbocycles. The van der Waals surface area contributed by atoms with Gasteiger partial charge in [-0.2, -0.15) is 4.72 Å². The lowest BCUT2D eigenvalue weighted by molar-refractivity contribution is -0.138. The van der Waals surface area contributed by atoms with Gasteiger partial charge in [-0.05, 0) is 36.2 Å². The van der Waals surface area contributed by atoms with Gasteiger partial charge < -0.3 is 14.6 Å². The van der Waals surface area contributed by atoms with Gasteiger partial charge in [-0.3, -0.25) is 9.78 Å². The molecule has 1 aromatic heterocycles. The number of fused-ring (bicyclic) bond motifs is 1. The minimum Gasteiger partial charge on any atom is -0.490 e. The Kier molecular flexibility index (Phi) is 5.38. The van der Waals surface area contributed by atoms with Crippen molar-refractivity contribution in [3.05, 3.63) is 48.3 Å². The van der Waals surface area contributed by atoms with E-state index in [1.165, 1.54) is 30.6 Å². The van der Waals surface area contributed by atoms with Crippen LogP contribution in [0, 0.1) is 0 Å². The number of pyridine rings is 1. The predicted octanol–water partition coefficient (Wildman–Crippen LogP) is 1.22. The maximum atomic E-state index is 12.6. The van der Waals surface area contributed by atoms with E-state index in [0.717, 1.165) is 0 Å². The first-order valence-electron chi connectivity index (χ1n) is 7.99. The number of hydrogen-bond acceptors (Lipinski definition) is 6. The number of carboxylic acids is 1. The molecule has 138 valence electrons. The van der Waals surface area contributed by atoms with E-state index in [1.807, 2.05) is 0 Å². The molecule has 0 saturated carbocycles. The van der Waals surface area contributed by atoms with E-state index in [0.29, 0.717) is 36.7 Å². The minimum absolute atomic E-state index is 0.00162. The van der Waals surface area contributed by atoms with Gasteiger partial charge in [-0.25, -0.2) is 8.42 Å². The SMILES string of the molecule is O=C(O)C(Cc1ccncc1)NS(=O)(=O)c1ccc2c(c1)OCCCO2. The van der Waals surface area contributed by atoms with Gasteiger partial charge in [0.2, 0.25) is 10.0 Å². The molecule has 1 unspecified atom stereocenters. The highest BCUT2D eigenvalue weighted by Gasteiger charge is 2.27. The Hall–Kier alpha value is -2.65. The monoisotopic (exact) mass is 378 g/mol. The molecule has 0 amide bonds. The van der Waals surface area contributed by atoms with E-state index in [1.54, 1.807) is 12.1 Å². The third-order valence-corrected chi connectivity index (χ3v) is 5.28. The summed E-state index contributed by atoms with van der Waals surface area (Å²) in [4.78, 5) is 15.3. The van der Waals surface area contributed by atoms with E-state index in [-0.39, 0.29) is 11.3 Å². The Labute approximate surface area is 150 Å². The summed E-state index contributed by atoms with van der Waals surface area (Å²) in [5, 5.41) is 9.39. The Morgan fingerprint density at radius 3 is 2.54 bits per heavy atom. The fraction of sp³-hybridized carbons (Fsp3) is 0.294. The molecule has 1 aromatic carbocycles. The van der Waals surface area contributed by atoms with Crippen LogP contribution in [0.15, 0.2) is 47.6 Å². The molecule has 8 nitrogen and oxygen atoms in total. The van der Waals surface area contributed by atoms with Crippen LogP contribution in [-0.2, 0) is 21.2 Å². The molecule has 1 aliphatic heterocycles. The molecule has 2 aromatic rings. The van der Waals surface area contributed by atoms with E-state index >= 15 is 0 Å². The number of nitrogens with zero attached hydrogens (tertiary/aromatic N) is 1. The molecule has 26 heavy (non-hydrogen) atoms. The van der Waals surface area contributed by atoms with Gasteiger partial charge in [0, 0.05) is 24.9 Å². The Morgan fingerprint density at radius 2 is 1.85 bits per heavy atom. The number of rotatable bonds is 6. The lowest BCUT2D eigenvalue weighted by Crippen LogP contribution is -2.42. The summed E-state index contributed by atoms with van der Waals surface area (Å²) in [5.41, 5.74) is 0.661. The Bertz CT molecular complexity index is 885. The average Bonchev–Trinajstić information content (AvgIpc) is 2.86. The highest BCUT2D eigenvalue weighted by atomic mass is 32.2. The van der Waals surface area contributed by atoms with Crippen LogP contribution in [0.2, 0.25) is 0 Å². The van der Waals surface area contributed by atoms with Crippen LogP contribution in [0.1, 0.15) is 12.0 Å². The van der Waals surface area contributed by atoms with Crippen LogP contribution in [0.4, 0.5) is 0 Å². The summed E-state index contributed by atoms with van der Waals surface area (Å²) >= 11 is 0. The molecule has 2 N–H and O–H groups in total. The molecule has 0 bridgehead atoms. The fourth-order valence-electron chi connectivity index (χ4n) is 2.50. The highest BCUT2D eigenvalue weighted by Crippen LogP contribution is 2.31. The van der Waals surface area contributed by atoms with Crippen LogP contribution in [0.25, 0.3) is 0 Å². The number of carbonyl (C=O) groups is 1. The van der Waals surface area contributed by atoms with Crippen LogP contribution < -0.4 is 14.2 Å². The Morgan fingerprint density at radius 1 is 1.15 bits per heavy atom. The summed E-state index contributed by atoms with van der Waals surface area (Å²) in [7, 11) is -4.05. The summed E-state index contributed by atoms with van der Waals surface area (Å²) in [6.07, 6.45) is 3.74. The number of aromatic nitrogens is 1. The maximum Gasteiger partial charge on any atom is 0.322 e. The number of hydrogen-bond donors (Lipinski definition) is 2. The van der Waals surface area contributed by atoms with Crippen LogP contribution >= 0.6 is 0 Å². The Balaban J connectivity index is 1.82. The molecule has 0 radical (unpaired) electrons. The van der Waals surface area contributed by atoms with Crippen molar-refractivity contribution in [1.29, 1.82) is 0 Å². The number of aliphatic carboxylic acids is 1. The van der Waals surface area contributed by atoms with Crippen LogP contribution in [0.3, 0.4) is 0 Å². The summed E-state index contributed by atoms with van der Waals surface area (Å²) in [6.45, 7) is 0.911. The molecule has 2 heterocycles. The van der Waals surface area contributed by atoms with Gasteiger partial charge in [0.1, 0.15) is 6.04 Å². The second-order valence-corrected chi connectivity index (χ2v) is 7.44. The zero-order chi connectivity index (χ0) is 18.6. The molecule has 3 rings (SSSR count). The fourth-order valence-corrected chi connectivity index (χ4v) is 3.70. The molecular formula is C17H18N2O6S. The van der Waals surface area contributed by atoms with E-state index in [4.69, 9.17) is 9.47 Å². The lowest BCUT2D eigenvalue weighted by atomic mass is 10.1. The standard InChI is InChI=1S/C17H18N2O6S/c20-17(21)14(10-12-4-6-18-7-5-12)19-26(22,23)13-2-3-15-16(11-13)25-9-1-8-24-15/h2-7,11,14,19H,1,8-10H2,(H,20,21). The second kappa shape index (κ2) is 7.71. The third kappa shape index (κ3) is 4.30. The molecule has 0 spiro atoms. The van der Waals surface area contributed by atoms with Crippen molar-refractivity contribution in [2.24, 2.45) is 0 Å². The molecule has 9 heteroatoms. The van der Waals surface area contributed by atoms with Gasteiger partial charge >= 0.3 is 5.97 Å². The van der Waals surface area contributed by atoms with Gasteiger partial charge in [-0.1, -0.05) is 0 Å². The van der Waals surface area contributed by atoms with E-state index in [9.17, 15) is 18.3 Å². The third-order valence-electron chi connectivity index (χ3n) is 3.81. The average molecular weight is 378 g/mol. The smallest absolute Gasteiger partial charge is 0.322 e. The van der Waals surface area contributed by atoms with E-state index in [2.05, 4.69) is 9.71 Å². The molecular weight excluding hydrogens is 360 g/mol. The number of carboxylic acid groups (broad SMARTS) is 1. The topological polar surface area (TPSA) is 115 Å². The number of sulfonamides is 1. The summed E-state index contributed by atoms with van der Waals surface area (Å²) < 4.78 is 38.5. The van der Waals surface area contributed by atoms with Crippen molar-refractivity contribution in [3.8, 4) is 11.5 Å². The summed E-state index contributed by atoms with van der Waals surface area (Å²) in [6, 6.07) is 6.18.